The van der Waals surface area contributed by atoms with Gasteiger partial charge in [0.1, 0.15) is 18.7 Å². The summed E-state index contributed by atoms with van der Waals surface area (Å²) in [4.78, 5) is 19.2. The maximum absolute atomic E-state index is 13.2. The standard InChI is InChI=1S/C17H26N6O/c1-12(2)16(23-11-18-10-19-23)17(24)21-7-5-6-15(21)9-22-14(4)8-13(3)20-22/h8,10-12,15-16H,5-7,9H2,1-4H3/t15-,16-/m1/s1. The smallest absolute Gasteiger partial charge is 0.248 e. The van der Waals surface area contributed by atoms with Crippen molar-refractivity contribution in [3.05, 3.63) is 30.1 Å². The maximum atomic E-state index is 13.2. The topological polar surface area (TPSA) is 68.8 Å². The number of amides is 1. The third-order valence-electron chi connectivity index (χ3n) is 4.75. The SMILES string of the molecule is Cc1cc(C)n(C[C@H]2CCCN2C(=O)[C@@H](C(C)C)n2cncn2)n1. The van der Waals surface area contributed by atoms with Crippen LogP contribution in [-0.4, -0.2) is 47.9 Å². The van der Waals surface area contributed by atoms with Crippen molar-refractivity contribution in [2.75, 3.05) is 6.54 Å². The molecule has 0 aromatic carbocycles. The van der Waals surface area contributed by atoms with E-state index in [-0.39, 0.29) is 23.9 Å². The Morgan fingerprint density at radius 1 is 1.38 bits per heavy atom. The first-order valence-corrected chi connectivity index (χ1v) is 8.63. The van der Waals surface area contributed by atoms with E-state index in [0.717, 1.165) is 37.3 Å². The van der Waals surface area contributed by atoms with E-state index in [2.05, 4.69) is 42.0 Å². The zero-order valence-electron chi connectivity index (χ0n) is 14.9. The van der Waals surface area contributed by atoms with Gasteiger partial charge in [0.05, 0.1) is 18.3 Å². The highest BCUT2D eigenvalue weighted by Crippen LogP contribution is 2.26. The molecule has 1 fully saturated rings. The van der Waals surface area contributed by atoms with Crippen LogP contribution in [0.2, 0.25) is 0 Å². The minimum absolute atomic E-state index is 0.138. The molecule has 0 aliphatic carbocycles. The molecule has 2 atom stereocenters. The highest BCUT2D eigenvalue weighted by molar-refractivity contribution is 5.81. The number of nitrogens with zero attached hydrogens (tertiary/aromatic N) is 6. The second kappa shape index (κ2) is 6.75. The van der Waals surface area contributed by atoms with Crippen molar-refractivity contribution in [1.82, 2.24) is 29.4 Å². The molecule has 0 unspecified atom stereocenters. The van der Waals surface area contributed by atoms with E-state index in [1.54, 1.807) is 11.0 Å². The molecule has 3 heterocycles. The van der Waals surface area contributed by atoms with Gasteiger partial charge in [0.15, 0.2) is 0 Å². The van der Waals surface area contributed by atoms with Gasteiger partial charge in [-0.05, 0) is 38.7 Å². The molecule has 2 aromatic heterocycles. The van der Waals surface area contributed by atoms with Crippen LogP contribution >= 0.6 is 0 Å². The summed E-state index contributed by atoms with van der Waals surface area (Å²) in [5.41, 5.74) is 2.16. The van der Waals surface area contributed by atoms with Crippen molar-refractivity contribution in [2.45, 2.75) is 59.2 Å². The second-order valence-corrected chi connectivity index (χ2v) is 7.00. The lowest BCUT2D eigenvalue weighted by molar-refractivity contribution is -0.137. The number of rotatable bonds is 5. The molecule has 1 saturated heterocycles. The van der Waals surface area contributed by atoms with Crippen LogP contribution in [0, 0.1) is 19.8 Å². The molecule has 0 N–H and O–H groups in total. The number of carbonyl (C=O) groups excluding carboxylic acids is 1. The lowest BCUT2D eigenvalue weighted by atomic mass is 10.0. The van der Waals surface area contributed by atoms with E-state index >= 15 is 0 Å². The average Bonchev–Trinajstić information content (AvgIpc) is 3.22. The molecule has 3 rings (SSSR count). The number of likely N-dealkylation sites (tertiary alicyclic amines) is 1. The summed E-state index contributed by atoms with van der Waals surface area (Å²) in [6.45, 7) is 9.73. The van der Waals surface area contributed by atoms with Crippen molar-refractivity contribution in [3.63, 3.8) is 0 Å². The molecule has 0 spiro atoms. The summed E-state index contributed by atoms with van der Waals surface area (Å²) >= 11 is 0. The fraction of sp³-hybridized carbons (Fsp3) is 0.647. The molecule has 0 bridgehead atoms. The van der Waals surface area contributed by atoms with Gasteiger partial charge in [0, 0.05) is 12.2 Å². The zero-order valence-corrected chi connectivity index (χ0v) is 14.9. The van der Waals surface area contributed by atoms with Crippen LogP contribution in [0.15, 0.2) is 18.7 Å². The normalized spacial score (nSPS) is 19.2. The van der Waals surface area contributed by atoms with Gasteiger partial charge in [-0.15, -0.1) is 0 Å². The molecular formula is C17H26N6O. The lowest BCUT2D eigenvalue weighted by Gasteiger charge is -2.30. The largest absolute Gasteiger partial charge is 0.336 e. The van der Waals surface area contributed by atoms with Crippen LogP contribution in [-0.2, 0) is 11.3 Å². The highest BCUT2D eigenvalue weighted by Gasteiger charge is 2.36. The van der Waals surface area contributed by atoms with Crippen LogP contribution in [0.25, 0.3) is 0 Å². The fourth-order valence-corrected chi connectivity index (χ4v) is 3.61. The third-order valence-corrected chi connectivity index (χ3v) is 4.75. The Balaban J connectivity index is 1.79. The molecule has 1 aliphatic rings. The zero-order chi connectivity index (χ0) is 17.3. The predicted octanol–water partition coefficient (Wildman–Crippen LogP) is 1.98. The van der Waals surface area contributed by atoms with E-state index in [4.69, 9.17) is 0 Å². The van der Waals surface area contributed by atoms with Crippen molar-refractivity contribution in [3.8, 4) is 0 Å². The van der Waals surface area contributed by atoms with E-state index in [1.807, 2.05) is 16.5 Å². The summed E-state index contributed by atoms with van der Waals surface area (Å²) in [5, 5.41) is 8.75. The number of carbonyl (C=O) groups is 1. The second-order valence-electron chi connectivity index (χ2n) is 7.00. The van der Waals surface area contributed by atoms with Crippen molar-refractivity contribution in [1.29, 1.82) is 0 Å². The summed E-state index contributed by atoms with van der Waals surface area (Å²) < 4.78 is 3.71. The Bertz CT molecular complexity index is 690. The summed E-state index contributed by atoms with van der Waals surface area (Å²) in [5.74, 6) is 0.300. The molecule has 0 radical (unpaired) electrons. The fourth-order valence-electron chi connectivity index (χ4n) is 3.61. The summed E-state index contributed by atoms with van der Waals surface area (Å²) in [6, 6.07) is 1.97. The Labute approximate surface area is 142 Å². The molecule has 0 saturated carbocycles. The van der Waals surface area contributed by atoms with Crippen LogP contribution in [0.4, 0.5) is 0 Å². The monoisotopic (exact) mass is 330 g/mol. The van der Waals surface area contributed by atoms with Gasteiger partial charge in [0.25, 0.3) is 0 Å². The van der Waals surface area contributed by atoms with Crippen LogP contribution in [0.1, 0.15) is 44.1 Å². The average molecular weight is 330 g/mol. The van der Waals surface area contributed by atoms with Crippen LogP contribution in [0.3, 0.4) is 0 Å². The minimum Gasteiger partial charge on any atom is -0.336 e. The van der Waals surface area contributed by atoms with Gasteiger partial charge in [-0.25, -0.2) is 9.67 Å². The van der Waals surface area contributed by atoms with Crippen molar-refractivity contribution < 1.29 is 4.79 Å². The number of hydrogen-bond donors (Lipinski definition) is 0. The molecule has 1 amide bonds. The molecule has 7 heteroatoms. The predicted molar refractivity (Wildman–Crippen MR) is 90.3 cm³/mol. The maximum Gasteiger partial charge on any atom is 0.248 e. The van der Waals surface area contributed by atoms with E-state index < -0.39 is 0 Å². The first-order valence-electron chi connectivity index (χ1n) is 8.63. The van der Waals surface area contributed by atoms with Gasteiger partial charge < -0.3 is 4.90 Å². The first-order chi connectivity index (χ1) is 11.5. The Morgan fingerprint density at radius 2 is 2.17 bits per heavy atom. The van der Waals surface area contributed by atoms with E-state index in [9.17, 15) is 4.79 Å². The lowest BCUT2D eigenvalue weighted by Crippen LogP contribution is -2.44. The van der Waals surface area contributed by atoms with E-state index in [1.165, 1.54) is 6.33 Å². The molecule has 24 heavy (non-hydrogen) atoms. The number of aryl methyl sites for hydroxylation is 2. The van der Waals surface area contributed by atoms with E-state index in [0.29, 0.717) is 0 Å². The number of hydrogen-bond acceptors (Lipinski definition) is 4. The van der Waals surface area contributed by atoms with Crippen LogP contribution < -0.4 is 0 Å². The van der Waals surface area contributed by atoms with Crippen molar-refractivity contribution >= 4 is 5.91 Å². The quantitative estimate of drug-likeness (QED) is 0.840. The molecule has 130 valence electrons. The summed E-state index contributed by atoms with van der Waals surface area (Å²) in [6.07, 6.45) is 5.18. The van der Waals surface area contributed by atoms with Gasteiger partial charge in [0.2, 0.25) is 5.91 Å². The van der Waals surface area contributed by atoms with Crippen LogP contribution in [0.5, 0.6) is 0 Å². The molecular weight excluding hydrogens is 304 g/mol. The number of aromatic nitrogens is 5. The Kier molecular flexibility index (Phi) is 4.69. The molecule has 7 nitrogen and oxygen atoms in total. The van der Waals surface area contributed by atoms with Gasteiger partial charge in [-0.3, -0.25) is 9.48 Å². The molecule has 2 aromatic rings. The molecule has 1 aliphatic heterocycles. The highest BCUT2D eigenvalue weighted by atomic mass is 16.2. The van der Waals surface area contributed by atoms with Gasteiger partial charge >= 0.3 is 0 Å². The first kappa shape index (κ1) is 16.7. The van der Waals surface area contributed by atoms with Gasteiger partial charge in [-0.2, -0.15) is 10.2 Å². The summed E-state index contributed by atoms with van der Waals surface area (Å²) in [7, 11) is 0. The van der Waals surface area contributed by atoms with Crippen molar-refractivity contribution in [2.24, 2.45) is 5.92 Å². The minimum atomic E-state index is -0.298. The Morgan fingerprint density at radius 3 is 2.75 bits per heavy atom. The van der Waals surface area contributed by atoms with Gasteiger partial charge in [-0.1, -0.05) is 13.8 Å². The third kappa shape index (κ3) is 3.20. The Hall–Kier alpha value is -2.18.